The summed E-state index contributed by atoms with van der Waals surface area (Å²) in [6.07, 6.45) is 4.36. The second-order valence-corrected chi connectivity index (χ2v) is 3.15. The first kappa shape index (κ1) is 11.7. The summed E-state index contributed by atoms with van der Waals surface area (Å²) in [6.45, 7) is 2.86. The van der Waals surface area contributed by atoms with Crippen molar-refractivity contribution in [2.24, 2.45) is 0 Å². The Bertz CT molecular complexity index is 309. The molecule has 1 aromatic heterocycles. The molecule has 0 saturated heterocycles. The van der Waals surface area contributed by atoms with Crippen LogP contribution in [-0.2, 0) is 22.7 Å². The van der Waals surface area contributed by atoms with E-state index in [2.05, 4.69) is 4.98 Å². The zero-order valence-electron chi connectivity index (χ0n) is 8.85. The Morgan fingerprint density at radius 3 is 3.13 bits per heavy atom. The lowest BCUT2D eigenvalue weighted by Crippen LogP contribution is -2.07. The highest BCUT2D eigenvalue weighted by atomic mass is 16.5. The molecule has 0 saturated carbocycles. The Hall–Kier alpha value is -1.36. The summed E-state index contributed by atoms with van der Waals surface area (Å²) in [6, 6.07) is 0. The summed E-state index contributed by atoms with van der Waals surface area (Å²) in [5.74, 6) is -0.178. The standard InChI is InChI=1S/C10H16N2O3/c1-2-15-10(14)4-3-5-12-8-11-6-9(12)7-13/h6,8,13H,2-5,7H2,1H3. The van der Waals surface area contributed by atoms with Crippen molar-refractivity contribution in [2.45, 2.75) is 32.9 Å². The molecule has 15 heavy (non-hydrogen) atoms. The number of carbonyl (C=O) groups is 1. The summed E-state index contributed by atoms with van der Waals surface area (Å²) in [7, 11) is 0. The van der Waals surface area contributed by atoms with Crippen LogP contribution in [0.5, 0.6) is 0 Å². The quantitative estimate of drug-likeness (QED) is 0.706. The predicted molar refractivity (Wildman–Crippen MR) is 54.0 cm³/mol. The van der Waals surface area contributed by atoms with Gasteiger partial charge in [0.2, 0.25) is 0 Å². The van der Waals surface area contributed by atoms with Gasteiger partial charge in [-0.05, 0) is 13.3 Å². The molecule has 0 aliphatic carbocycles. The van der Waals surface area contributed by atoms with Crippen molar-refractivity contribution in [1.29, 1.82) is 0 Å². The van der Waals surface area contributed by atoms with Gasteiger partial charge >= 0.3 is 5.97 Å². The van der Waals surface area contributed by atoms with Gasteiger partial charge in [-0.2, -0.15) is 0 Å². The van der Waals surface area contributed by atoms with Crippen LogP contribution in [0.3, 0.4) is 0 Å². The largest absolute Gasteiger partial charge is 0.466 e. The third-order valence-corrected chi connectivity index (χ3v) is 2.05. The fourth-order valence-corrected chi connectivity index (χ4v) is 1.31. The molecule has 84 valence electrons. The number of aliphatic hydroxyl groups is 1. The normalized spacial score (nSPS) is 10.3. The number of nitrogens with zero attached hydrogens (tertiary/aromatic N) is 2. The number of imidazole rings is 1. The number of aliphatic hydroxyl groups excluding tert-OH is 1. The molecule has 1 aromatic rings. The molecule has 0 aliphatic heterocycles. The molecule has 0 bridgehead atoms. The lowest BCUT2D eigenvalue weighted by molar-refractivity contribution is -0.143. The van der Waals surface area contributed by atoms with Gasteiger partial charge in [0.25, 0.3) is 0 Å². The van der Waals surface area contributed by atoms with Crippen LogP contribution >= 0.6 is 0 Å². The maximum absolute atomic E-state index is 11.0. The molecule has 5 heteroatoms. The minimum Gasteiger partial charge on any atom is -0.466 e. The fourth-order valence-electron chi connectivity index (χ4n) is 1.31. The molecule has 0 amide bonds. The minimum absolute atomic E-state index is 0.0284. The van der Waals surface area contributed by atoms with E-state index in [0.29, 0.717) is 26.0 Å². The van der Waals surface area contributed by atoms with Crippen LogP contribution in [0, 0.1) is 0 Å². The molecule has 1 rings (SSSR count). The minimum atomic E-state index is -0.178. The van der Waals surface area contributed by atoms with Gasteiger partial charge in [0.15, 0.2) is 0 Å². The van der Waals surface area contributed by atoms with E-state index in [-0.39, 0.29) is 12.6 Å². The molecular formula is C10H16N2O3. The number of aromatic nitrogens is 2. The molecule has 0 spiro atoms. The number of hydrogen-bond donors (Lipinski definition) is 1. The average Bonchev–Trinajstić information content (AvgIpc) is 2.66. The average molecular weight is 212 g/mol. The zero-order valence-corrected chi connectivity index (χ0v) is 8.85. The van der Waals surface area contributed by atoms with E-state index in [9.17, 15) is 4.79 Å². The van der Waals surface area contributed by atoms with Gasteiger partial charge in [0.1, 0.15) is 0 Å². The van der Waals surface area contributed by atoms with Crippen molar-refractivity contribution in [3.63, 3.8) is 0 Å². The van der Waals surface area contributed by atoms with Crippen LogP contribution < -0.4 is 0 Å². The van der Waals surface area contributed by atoms with Crippen molar-refractivity contribution in [3.05, 3.63) is 18.2 Å². The summed E-state index contributed by atoms with van der Waals surface area (Å²) >= 11 is 0. The second-order valence-electron chi connectivity index (χ2n) is 3.15. The van der Waals surface area contributed by atoms with Crippen LogP contribution in [0.4, 0.5) is 0 Å². The maximum Gasteiger partial charge on any atom is 0.305 e. The second kappa shape index (κ2) is 6.19. The van der Waals surface area contributed by atoms with Crippen LogP contribution in [0.25, 0.3) is 0 Å². The maximum atomic E-state index is 11.0. The van der Waals surface area contributed by atoms with Crippen molar-refractivity contribution < 1.29 is 14.6 Å². The highest BCUT2D eigenvalue weighted by molar-refractivity contribution is 5.69. The number of carbonyl (C=O) groups excluding carboxylic acids is 1. The van der Waals surface area contributed by atoms with Crippen LogP contribution in [-0.4, -0.2) is 27.2 Å². The highest BCUT2D eigenvalue weighted by Gasteiger charge is 2.03. The first-order valence-electron chi connectivity index (χ1n) is 5.03. The molecule has 0 aliphatic rings. The SMILES string of the molecule is CCOC(=O)CCCn1cncc1CO. The van der Waals surface area contributed by atoms with E-state index in [1.54, 1.807) is 19.4 Å². The molecule has 0 unspecified atom stereocenters. The lowest BCUT2D eigenvalue weighted by Gasteiger charge is -2.05. The Labute approximate surface area is 88.7 Å². The molecule has 0 aromatic carbocycles. The fraction of sp³-hybridized carbons (Fsp3) is 0.600. The van der Waals surface area contributed by atoms with E-state index < -0.39 is 0 Å². The lowest BCUT2D eigenvalue weighted by atomic mass is 10.3. The molecule has 0 radical (unpaired) electrons. The summed E-state index contributed by atoms with van der Waals surface area (Å²) in [4.78, 5) is 14.9. The Balaban J connectivity index is 2.28. The smallest absolute Gasteiger partial charge is 0.305 e. The van der Waals surface area contributed by atoms with Crippen molar-refractivity contribution in [3.8, 4) is 0 Å². The van der Waals surface area contributed by atoms with Gasteiger partial charge in [0.05, 0.1) is 31.4 Å². The number of esters is 1. The monoisotopic (exact) mass is 212 g/mol. The van der Waals surface area contributed by atoms with Gasteiger partial charge in [-0.3, -0.25) is 4.79 Å². The number of aryl methyl sites for hydroxylation is 1. The Morgan fingerprint density at radius 2 is 2.47 bits per heavy atom. The van der Waals surface area contributed by atoms with Crippen molar-refractivity contribution in [2.75, 3.05) is 6.61 Å². The van der Waals surface area contributed by atoms with E-state index >= 15 is 0 Å². The molecule has 0 atom stereocenters. The number of hydrogen-bond acceptors (Lipinski definition) is 4. The third kappa shape index (κ3) is 3.71. The van der Waals surface area contributed by atoms with Gasteiger partial charge in [-0.25, -0.2) is 4.98 Å². The van der Waals surface area contributed by atoms with Crippen molar-refractivity contribution >= 4 is 5.97 Å². The molecule has 5 nitrogen and oxygen atoms in total. The molecular weight excluding hydrogens is 196 g/mol. The van der Waals surface area contributed by atoms with E-state index in [4.69, 9.17) is 9.84 Å². The molecule has 1 N–H and O–H groups in total. The summed E-state index contributed by atoms with van der Waals surface area (Å²) < 4.78 is 6.64. The first-order valence-corrected chi connectivity index (χ1v) is 5.03. The summed E-state index contributed by atoms with van der Waals surface area (Å²) in [5.41, 5.74) is 0.763. The van der Waals surface area contributed by atoms with Gasteiger partial charge in [-0.15, -0.1) is 0 Å². The predicted octanol–water partition coefficient (Wildman–Crippen LogP) is 0.719. The van der Waals surface area contributed by atoms with Gasteiger partial charge < -0.3 is 14.4 Å². The van der Waals surface area contributed by atoms with Crippen LogP contribution in [0.2, 0.25) is 0 Å². The van der Waals surface area contributed by atoms with E-state index in [1.165, 1.54) is 0 Å². The third-order valence-electron chi connectivity index (χ3n) is 2.05. The van der Waals surface area contributed by atoms with Crippen LogP contribution in [0.15, 0.2) is 12.5 Å². The topological polar surface area (TPSA) is 64.4 Å². The van der Waals surface area contributed by atoms with E-state index in [0.717, 1.165) is 5.69 Å². The Morgan fingerprint density at radius 1 is 1.67 bits per heavy atom. The van der Waals surface area contributed by atoms with Gasteiger partial charge in [0, 0.05) is 13.0 Å². The van der Waals surface area contributed by atoms with E-state index in [1.807, 2.05) is 4.57 Å². The molecule has 0 fully saturated rings. The van der Waals surface area contributed by atoms with Gasteiger partial charge in [-0.1, -0.05) is 0 Å². The van der Waals surface area contributed by atoms with Crippen LogP contribution in [0.1, 0.15) is 25.5 Å². The molecule has 1 heterocycles. The first-order chi connectivity index (χ1) is 7.27. The zero-order chi connectivity index (χ0) is 11.1. The van der Waals surface area contributed by atoms with Crippen molar-refractivity contribution in [1.82, 2.24) is 9.55 Å². The Kier molecular flexibility index (Phi) is 4.83. The number of rotatable bonds is 6. The highest BCUT2D eigenvalue weighted by Crippen LogP contribution is 2.02. The summed E-state index contributed by atoms with van der Waals surface area (Å²) in [5, 5.41) is 8.95. The number of ether oxygens (including phenoxy) is 1.